The summed E-state index contributed by atoms with van der Waals surface area (Å²) in [5.74, 6) is -0.274. The number of hydrogen-bond acceptors (Lipinski definition) is 4. The first kappa shape index (κ1) is 16.0. The third-order valence-corrected chi connectivity index (χ3v) is 3.64. The molecule has 4 N–H and O–H groups in total. The van der Waals surface area contributed by atoms with Crippen LogP contribution in [0.2, 0.25) is 0 Å². The highest BCUT2D eigenvalue weighted by Gasteiger charge is 2.40. The number of nitrogens with zero attached hydrogens (tertiary/aromatic N) is 3. The lowest BCUT2D eigenvalue weighted by atomic mass is 9.80. The zero-order valence-corrected chi connectivity index (χ0v) is 12.2. The van der Waals surface area contributed by atoms with E-state index in [0.717, 1.165) is 0 Å². The number of nitrogens with two attached hydrogens (primary N) is 1. The first-order chi connectivity index (χ1) is 9.50. The Bertz CT molecular complexity index is 451. The molecule has 1 aromatic rings. The van der Waals surface area contributed by atoms with Gasteiger partial charge in [0.15, 0.2) is 5.84 Å². The molecule has 0 spiro atoms. The molecular formula is C13H23N5O2. The highest BCUT2D eigenvalue weighted by atomic mass is 16.4. The zero-order valence-electron chi connectivity index (χ0n) is 12.2. The third kappa shape index (κ3) is 3.28. The van der Waals surface area contributed by atoms with E-state index in [1.807, 2.05) is 33.0 Å². The number of carbonyl (C=O) groups excluding carboxylic acids is 1. The topological polar surface area (TPSA) is 106 Å². The summed E-state index contributed by atoms with van der Waals surface area (Å²) in [5.41, 5.74) is 4.74. The second kappa shape index (κ2) is 6.93. The average molecular weight is 281 g/mol. The lowest BCUT2D eigenvalue weighted by Crippen LogP contribution is -2.52. The molecular weight excluding hydrogens is 258 g/mol. The number of rotatable bonds is 7. The molecule has 20 heavy (non-hydrogen) atoms. The molecule has 0 radical (unpaired) electrons. The predicted octanol–water partition coefficient (Wildman–Crippen LogP) is 0.941. The van der Waals surface area contributed by atoms with E-state index in [1.165, 1.54) is 0 Å². The lowest BCUT2D eigenvalue weighted by molar-refractivity contribution is -0.128. The number of hydrogen-bond donors (Lipinski definition) is 3. The molecule has 0 saturated heterocycles. The van der Waals surface area contributed by atoms with Gasteiger partial charge in [-0.15, -0.1) is 0 Å². The summed E-state index contributed by atoms with van der Waals surface area (Å²) >= 11 is 0. The molecule has 0 aliphatic carbocycles. The molecule has 0 fully saturated rings. The van der Waals surface area contributed by atoms with Gasteiger partial charge in [0.05, 0.1) is 6.54 Å². The van der Waals surface area contributed by atoms with Gasteiger partial charge in [-0.3, -0.25) is 9.48 Å². The Labute approximate surface area is 118 Å². The Balaban J connectivity index is 2.76. The number of nitrogens with one attached hydrogen (secondary N) is 1. The maximum Gasteiger partial charge on any atom is 0.234 e. The number of amidine groups is 1. The van der Waals surface area contributed by atoms with Crippen LogP contribution in [0.1, 0.15) is 33.6 Å². The highest BCUT2D eigenvalue weighted by Crippen LogP contribution is 2.27. The van der Waals surface area contributed by atoms with Gasteiger partial charge in [0.25, 0.3) is 0 Å². The van der Waals surface area contributed by atoms with Crippen LogP contribution in [0, 0.1) is 5.41 Å². The lowest BCUT2D eigenvalue weighted by Gasteiger charge is -2.30. The maximum atomic E-state index is 12.5. The Kier molecular flexibility index (Phi) is 5.54. The largest absolute Gasteiger partial charge is 0.409 e. The monoisotopic (exact) mass is 281 g/mol. The van der Waals surface area contributed by atoms with Crippen LogP contribution in [-0.2, 0) is 11.3 Å². The van der Waals surface area contributed by atoms with Gasteiger partial charge in [-0.1, -0.05) is 19.0 Å². The van der Waals surface area contributed by atoms with Crippen molar-refractivity contribution in [2.45, 2.75) is 46.2 Å². The molecule has 0 aromatic carbocycles. The van der Waals surface area contributed by atoms with Crippen LogP contribution in [0.25, 0.3) is 0 Å². The molecule has 112 valence electrons. The van der Waals surface area contributed by atoms with E-state index in [2.05, 4.69) is 15.6 Å². The number of oxime groups is 1. The van der Waals surface area contributed by atoms with Gasteiger partial charge >= 0.3 is 0 Å². The third-order valence-electron chi connectivity index (χ3n) is 3.64. The zero-order chi connectivity index (χ0) is 15.2. The SMILES string of the molecule is CCC(CC)(C(=O)NC(C)Cn1cccn1)C(N)=NO. The Morgan fingerprint density at radius 1 is 1.55 bits per heavy atom. The minimum Gasteiger partial charge on any atom is -0.409 e. The van der Waals surface area contributed by atoms with Gasteiger partial charge in [-0.25, -0.2) is 0 Å². The minimum absolute atomic E-state index is 0.0497. The van der Waals surface area contributed by atoms with Crippen LogP contribution < -0.4 is 11.1 Å². The molecule has 7 nitrogen and oxygen atoms in total. The first-order valence-electron chi connectivity index (χ1n) is 6.76. The van der Waals surface area contributed by atoms with Crippen molar-refractivity contribution >= 4 is 11.7 Å². The van der Waals surface area contributed by atoms with E-state index in [4.69, 9.17) is 10.9 Å². The molecule has 0 saturated carbocycles. The van der Waals surface area contributed by atoms with Crippen molar-refractivity contribution in [1.29, 1.82) is 0 Å². The van der Waals surface area contributed by atoms with E-state index in [1.54, 1.807) is 10.9 Å². The maximum absolute atomic E-state index is 12.5. The Morgan fingerprint density at radius 2 is 2.20 bits per heavy atom. The molecule has 1 heterocycles. The minimum atomic E-state index is -0.965. The summed E-state index contributed by atoms with van der Waals surface area (Å²) in [6, 6.07) is 1.72. The quantitative estimate of drug-likeness (QED) is 0.299. The van der Waals surface area contributed by atoms with E-state index in [-0.39, 0.29) is 17.8 Å². The second-order valence-corrected chi connectivity index (χ2v) is 4.88. The summed E-state index contributed by atoms with van der Waals surface area (Å²) in [4.78, 5) is 12.5. The molecule has 1 atom stereocenters. The fourth-order valence-corrected chi connectivity index (χ4v) is 2.24. The number of amides is 1. The molecule has 1 rings (SSSR count). The molecule has 0 aliphatic rings. The Hall–Kier alpha value is -2.05. The van der Waals surface area contributed by atoms with Crippen LogP contribution >= 0.6 is 0 Å². The number of carbonyl (C=O) groups is 1. The van der Waals surface area contributed by atoms with Gasteiger partial charge in [-0.05, 0) is 25.8 Å². The average Bonchev–Trinajstić information content (AvgIpc) is 2.92. The van der Waals surface area contributed by atoms with Gasteiger partial charge in [0, 0.05) is 18.4 Å². The van der Waals surface area contributed by atoms with E-state index in [9.17, 15) is 4.79 Å². The number of aromatic nitrogens is 2. The van der Waals surface area contributed by atoms with Crippen molar-refractivity contribution in [2.24, 2.45) is 16.3 Å². The van der Waals surface area contributed by atoms with Crippen LogP contribution in [0.15, 0.2) is 23.6 Å². The van der Waals surface area contributed by atoms with Crippen molar-refractivity contribution in [3.63, 3.8) is 0 Å². The summed E-state index contributed by atoms with van der Waals surface area (Å²) < 4.78 is 1.74. The van der Waals surface area contributed by atoms with Gasteiger partial charge < -0.3 is 16.3 Å². The van der Waals surface area contributed by atoms with E-state index < -0.39 is 5.41 Å². The summed E-state index contributed by atoms with van der Waals surface area (Å²) in [6.07, 6.45) is 4.46. The first-order valence-corrected chi connectivity index (χ1v) is 6.76. The molecule has 0 aliphatic heterocycles. The smallest absolute Gasteiger partial charge is 0.234 e. The summed E-state index contributed by atoms with van der Waals surface area (Å²) in [6.45, 7) is 6.15. The van der Waals surface area contributed by atoms with Crippen molar-refractivity contribution in [3.05, 3.63) is 18.5 Å². The molecule has 1 aromatic heterocycles. The van der Waals surface area contributed by atoms with Crippen molar-refractivity contribution < 1.29 is 10.0 Å². The summed E-state index contributed by atoms with van der Waals surface area (Å²) in [5, 5.41) is 18.9. The normalized spacial score (nSPS) is 14.1. The fraction of sp³-hybridized carbons (Fsp3) is 0.615. The Morgan fingerprint density at radius 3 is 2.65 bits per heavy atom. The molecule has 1 unspecified atom stereocenters. The van der Waals surface area contributed by atoms with Crippen molar-refractivity contribution in [3.8, 4) is 0 Å². The van der Waals surface area contributed by atoms with E-state index in [0.29, 0.717) is 19.4 Å². The summed E-state index contributed by atoms with van der Waals surface area (Å²) in [7, 11) is 0. The molecule has 0 bridgehead atoms. The van der Waals surface area contributed by atoms with E-state index >= 15 is 0 Å². The highest BCUT2D eigenvalue weighted by molar-refractivity contribution is 6.06. The van der Waals surface area contributed by atoms with Crippen LogP contribution in [0.4, 0.5) is 0 Å². The van der Waals surface area contributed by atoms with Gasteiger partial charge in [-0.2, -0.15) is 5.10 Å². The molecule has 1 amide bonds. The van der Waals surface area contributed by atoms with Crippen LogP contribution in [0.3, 0.4) is 0 Å². The van der Waals surface area contributed by atoms with Crippen LogP contribution in [0.5, 0.6) is 0 Å². The second-order valence-electron chi connectivity index (χ2n) is 4.88. The predicted molar refractivity (Wildman–Crippen MR) is 76.3 cm³/mol. The van der Waals surface area contributed by atoms with Gasteiger partial charge in [0.2, 0.25) is 5.91 Å². The standard InChI is InChI=1S/C13H23N5O2/c1-4-13(5-2,11(14)17-20)12(19)16-10(3)9-18-8-6-7-15-18/h6-8,10,20H,4-5,9H2,1-3H3,(H2,14,17)(H,16,19). The molecule has 7 heteroatoms. The fourth-order valence-electron chi connectivity index (χ4n) is 2.24. The van der Waals surface area contributed by atoms with Gasteiger partial charge in [0.1, 0.15) is 5.41 Å². The van der Waals surface area contributed by atoms with Crippen LogP contribution in [-0.4, -0.2) is 32.8 Å². The van der Waals surface area contributed by atoms with Crippen molar-refractivity contribution in [1.82, 2.24) is 15.1 Å². The van der Waals surface area contributed by atoms with Crippen molar-refractivity contribution in [2.75, 3.05) is 0 Å².